The monoisotopic (exact) mass is 472 g/mol. The second-order valence-corrected chi connectivity index (χ2v) is 9.53. The molecule has 0 saturated heterocycles. The van der Waals surface area contributed by atoms with Crippen molar-refractivity contribution in [1.29, 1.82) is 0 Å². The van der Waals surface area contributed by atoms with Crippen LogP contribution in [0.3, 0.4) is 0 Å². The van der Waals surface area contributed by atoms with E-state index < -0.39 is 33.1 Å². The van der Waals surface area contributed by atoms with Crippen molar-refractivity contribution in [2.45, 2.75) is 37.5 Å². The van der Waals surface area contributed by atoms with Crippen LogP contribution in [-0.4, -0.2) is 48.6 Å². The molecule has 0 radical (unpaired) electrons. The van der Waals surface area contributed by atoms with Crippen molar-refractivity contribution in [3.63, 3.8) is 0 Å². The number of pyridine rings is 1. The summed E-state index contributed by atoms with van der Waals surface area (Å²) in [5.74, 6) is -1.31. The summed E-state index contributed by atoms with van der Waals surface area (Å²) in [6.07, 6.45) is 1.10. The van der Waals surface area contributed by atoms with Crippen LogP contribution < -0.4 is 4.74 Å². The molecule has 1 fully saturated rings. The molecule has 1 heterocycles. The topological polar surface area (TPSA) is 132 Å². The summed E-state index contributed by atoms with van der Waals surface area (Å²) in [6.45, 7) is 3.46. The summed E-state index contributed by atoms with van der Waals surface area (Å²) in [6, 6.07) is 10.9. The number of rotatable bonds is 7. The van der Waals surface area contributed by atoms with Crippen molar-refractivity contribution in [3.05, 3.63) is 59.5 Å². The van der Waals surface area contributed by atoms with Crippen molar-refractivity contribution >= 4 is 27.1 Å². The minimum atomic E-state index is -3.32. The zero-order valence-corrected chi connectivity index (χ0v) is 19.3. The number of ketones is 2. The molecule has 0 atom stereocenters. The van der Waals surface area contributed by atoms with E-state index in [0.29, 0.717) is 11.4 Å². The van der Waals surface area contributed by atoms with E-state index in [2.05, 4.69) is 10.1 Å². The van der Waals surface area contributed by atoms with Crippen LogP contribution in [0.5, 0.6) is 11.6 Å². The number of allylic oxidation sites excluding steroid dienone is 2. The van der Waals surface area contributed by atoms with Gasteiger partial charge >= 0.3 is 0 Å². The number of aliphatic hydroxyl groups excluding tert-OH is 1. The van der Waals surface area contributed by atoms with Crippen molar-refractivity contribution in [3.8, 4) is 11.6 Å². The molecule has 1 aromatic carbocycles. The fourth-order valence-electron chi connectivity index (χ4n) is 3.33. The summed E-state index contributed by atoms with van der Waals surface area (Å²) in [5, 5.41) is 14.0. The molecular formula is C23H24N2O7S. The van der Waals surface area contributed by atoms with Crippen molar-refractivity contribution in [1.82, 2.24) is 4.98 Å². The van der Waals surface area contributed by atoms with Gasteiger partial charge in [-0.05, 0) is 44.2 Å². The number of carbonyl (C=O) groups excluding carboxylic acids is 2. The first-order valence-corrected chi connectivity index (χ1v) is 12.1. The highest BCUT2D eigenvalue weighted by molar-refractivity contribution is 7.90. The molecular weight excluding hydrogens is 448 g/mol. The Labute approximate surface area is 191 Å². The summed E-state index contributed by atoms with van der Waals surface area (Å²) < 4.78 is 28.9. The maximum atomic E-state index is 12.7. The SMILES string of the molecule is CCON=C(C)C(O)=C1C(=O)CC(c2cccc(Oc3ccc(S(C)(=O)=O)cc3)n2)CC1=O. The molecule has 33 heavy (non-hydrogen) atoms. The van der Waals surface area contributed by atoms with Crippen LogP contribution in [-0.2, 0) is 24.3 Å². The third-order valence-corrected chi connectivity index (χ3v) is 6.10. The number of Topliss-reactive ketones (excluding diaryl/α,β-unsaturated/α-hetero) is 2. The Morgan fingerprint density at radius 3 is 2.33 bits per heavy atom. The van der Waals surface area contributed by atoms with Crippen molar-refractivity contribution < 1.29 is 32.7 Å². The Morgan fingerprint density at radius 2 is 1.76 bits per heavy atom. The number of benzene rings is 1. The van der Waals surface area contributed by atoms with Crippen LogP contribution in [0.25, 0.3) is 0 Å². The number of oxime groups is 1. The standard InChI is InChI=1S/C23H24N2O7S/c1-4-31-25-14(2)23(28)22-19(26)12-15(13-20(22)27)18-6-5-7-21(24-18)32-16-8-10-17(11-9-16)33(3,29)30/h5-11,15,28H,4,12-13H2,1-3H3. The van der Waals surface area contributed by atoms with Gasteiger partial charge in [0.1, 0.15) is 23.6 Å². The molecule has 0 amide bonds. The number of carbonyl (C=O) groups is 2. The van der Waals surface area contributed by atoms with Gasteiger partial charge in [-0.2, -0.15) is 0 Å². The van der Waals surface area contributed by atoms with Gasteiger partial charge in [-0.3, -0.25) is 9.59 Å². The summed E-state index contributed by atoms with van der Waals surface area (Å²) >= 11 is 0. The smallest absolute Gasteiger partial charge is 0.219 e. The number of nitrogens with zero attached hydrogens (tertiary/aromatic N) is 2. The molecule has 0 aliphatic heterocycles. The highest BCUT2D eigenvalue weighted by Crippen LogP contribution is 2.33. The van der Waals surface area contributed by atoms with Gasteiger partial charge in [-0.1, -0.05) is 11.2 Å². The largest absolute Gasteiger partial charge is 0.505 e. The van der Waals surface area contributed by atoms with Crippen LogP contribution >= 0.6 is 0 Å². The van der Waals surface area contributed by atoms with Crippen LogP contribution in [0.4, 0.5) is 0 Å². The fourth-order valence-corrected chi connectivity index (χ4v) is 3.96. The molecule has 1 aromatic heterocycles. The first-order valence-electron chi connectivity index (χ1n) is 10.2. The van der Waals surface area contributed by atoms with E-state index in [1.54, 1.807) is 25.1 Å². The lowest BCUT2D eigenvalue weighted by Crippen LogP contribution is -2.28. The molecule has 3 rings (SSSR count). The molecule has 10 heteroatoms. The van der Waals surface area contributed by atoms with E-state index in [9.17, 15) is 23.1 Å². The third-order valence-electron chi connectivity index (χ3n) is 4.97. The molecule has 0 bridgehead atoms. The van der Waals surface area contributed by atoms with Crippen molar-refractivity contribution in [2.24, 2.45) is 5.16 Å². The Bertz CT molecular complexity index is 1210. The Morgan fingerprint density at radius 1 is 1.12 bits per heavy atom. The van der Waals surface area contributed by atoms with Gasteiger partial charge in [-0.25, -0.2) is 13.4 Å². The number of aliphatic hydroxyl groups is 1. The highest BCUT2D eigenvalue weighted by Gasteiger charge is 2.35. The van der Waals surface area contributed by atoms with Gasteiger partial charge in [0, 0.05) is 36.8 Å². The van der Waals surface area contributed by atoms with Crippen molar-refractivity contribution in [2.75, 3.05) is 12.9 Å². The molecule has 0 unspecified atom stereocenters. The Balaban J connectivity index is 1.77. The summed E-state index contributed by atoms with van der Waals surface area (Å²) in [5.41, 5.74) is 0.285. The van der Waals surface area contributed by atoms with E-state index in [1.807, 2.05) is 0 Å². The molecule has 174 valence electrons. The van der Waals surface area contributed by atoms with Crippen LogP contribution in [0.15, 0.2) is 63.8 Å². The predicted molar refractivity (Wildman–Crippen MR) is 120 cm³/mol. The van der Waals surface area contributed by atoms with E-state index in [0.717, 1.165) is 6.26 Å². The first kappa shape index (κ1) is 24.1. The average Bonchev–Trinajstić information content (AvgIpc) is 2.76. The normalized spacial score (nSPS) is 17.1. The maximum Gasteiger partial charge on any atom is 0.219 e. The fraction of sp³-hybridized carbons (Fsp3) is 0.304. The van der Waals surface area contributed by atoms with Gasteiger partial charge in [0.05, 0.1) is 4.90 Å². The third kappa shape index (κ3) is 5.83. The highest BCUT2D eigenvalue weighted by atomic mass is 32.2. The van der Waals surface area contributed by atoms with Crippen LogP contribution in [0.1, 0.15) is 38.3 Å². The Hall–Kier alpha value is -3.53. The molecule has 1 aliphatic rings. The second-order valence-electron chi connectivity index (χ2n) is 7.52. The van der Waals surface area contributed by atoms with Crippen LogP contribution in [0, 0.1) is 0 Å². The number of aromatic nitrogens is 1. The Kier molecular flexibility index (Phi) is 7.27. The average molecular weight is 473 g/mol. The minimum absolute atomic E-state index is 0.00738. The summed E-state index contributed by atoms with van der Waals surface area (Å²) in [7, 11) is -3.32. The van der Waals surface area contributed by atoms with E-state index in [1.165, 1.54) is 31.2 Å². The quantitative estimate of drug-likeness (QED) is 0.213. The van der Waals surface area contributed by atoms with Gasteiger partial charge in [-0.15, -0.1) is 0 Å². The lowest BCUT2D eigenvalue weighted by atomic mass is 9.81. The number of ether oxygens (including phenoxy) is 1. The van der Waals surface area contributed by atoms with Gasteiger partial charge in [0.15, 0.2) is 27.2 Å². The zero-order valence-electron chi connectivity index (χ0n) is 18.4. The van der Waals surface area contributed by atoms with Crippen LogP contribution in [0.2, 0.25) is 0 Å². The zero-order chi connectivity index (χ0) is 24.2. The number of sulfone groups is 1. The van der Waals surface area contributed by atoms with E-state index >= 15 is 0 Å². The van der Waals surface area contributed by atoms with Gasteiger partial charge in [0.25, 0.3) is 0 Å². The molecule has 2 aromatic rings. The number of hydrogen-bond donors (Lipinski definition) is 1. The number of hydrogen-bond acceptors (Lipinski definition) is 9. The molecule has 1 saturated carbocycles. The lowest BCUT2D eigenvalue weighted by Gasteiger charge is -2.22. The lowest BCUT2D eigenvalue weighted by molar-refractivity contribution is -0.124. The first-order chi connectivity index (χ1) is 15.6. The molecule has 1 N–H and O–H groups in total. The van der Waals surface area contributed by atoms with E-state index in [4.69, 9.17) is 9.57 Å². The minimum Gasteiger partial charge on any atom is -0.505 e. The van der Waals surface area contributed by atoms with Gasteiger partial charge in [0.2, 0.25) is 5.88 Å². The van der Waals surface area contributed by atoms with Gasteiger partial charge < -0.3 is 14.7 Å². The van der Waals surface area contributed by atoms with E-state index in [-0.39, 0.29) is 41.5 Å². The molecule has 0 spiro atoms. The molecule has 1 aliphatic carbocycles. The molecule has 9 nitrogen and oxygen atoms in total. The predicted octanol–water partition coefficient (Wildman–Crippen LogP) is 3.52. The second kappa shape index (κ2) is 9.95. The maximum absolute atomic E-state index is 12.7. The summed E-state index contributed by atoms with van der Waals surface area (Å²) in [4.78, 5) is 34.8.